The zero-order valence-corrected chi connectivity index (χ0v) is 26.9. The van der Waals surface area contributed by atoms with Crippen molar-refractivity contribution in [3.63, 3.8) is 0 Å². The molecule has 1 aliphatic heterocycles. The third-order valence-corrected chi connectivity index (χ3v) is 10.2. The average Bonchev–Trinajstić information content (AvgIpc) is 3.70. The fraction of sp³-hybridized carbons (Fsp3) is 0.500. The molecule has 0 N–H and O–H groups in total. The second-order valence-corrected chi connectivity index (χ2v) is 13.3. The molecule has 1 spiro atoms. The minimum Gasteiger partial charge on any atom is -0.380 e. The number of anilines is 1. The maximum Gasteiger partial charge on any atom is 0.270 e. The van der Waals surface area contributed by atoms with Crippen LogP contribution in [0.1, 0.15) is 74.3 Å². The number of amidine groups is 1. The SMILES string of the molecule is CCCCC1=NC2(CCCC2)C(=O)N1Cc1ccc(-c2ncccc2S(=O)(=O)N(COC)c2onc(C)c2C)c(COC)c1. The van der Waals surface area contributed by atoms with E-state index in [1.165, 1.54) is 13.2 Å². The largest absolute Gasteiger partial charge is 0.380 e. The van der Waals surface area contributed by atoms with Gasteiger partial charge in [-0.05, 0) is 56.4 Å². The summed E-state index contributed by atoms with van der Waals surface area (Å²) in [6.45, 7) is 5.96. The lowest BCUT2D eigenvalue weighted by atomic mass is 9.97. The predicted molar refractivity (Wildman–Crippen MR) is 167 cm³/mol. The van der Waals surface area contributed by atoms with E-state index in [1.54, 1.807) is 33.2 Å². The first-order valence-corrected chi connectivity index (χ1v) is 16.5. The summed E-state index contributed by atoms with van der Waals surface area (Å²) in [6.07, 6.45) is 7.96. The highest BCUT2D eigenvalue weighted by atomic mass is 32.2. The standard InChI is InChI=1S/C32H41N5O6S/c1-6-7-12-28-34-32(15-8-9-16-32)31(38)36(28)19-24-13-14-26(25(18-24)20-41-4)29-27(11-10-17-33-29)44(39,40)37(21-42-5)30-22(2)23(3)35-43-30/h10-11,13-14,17-18H,6-9,12,15-16,19-21H2,1-5H3. The number of aryl methyl sites for hydroxylation is 1. The molecule has 5 rings (SSSR count). The summed E-state index contributed by atoms with van der Waals surface area (Å²) in [7, 11) is -1.19. The number of nitrogens with zero attached hydrogens (tertiary/aromatic N) is 5. The van der Waals surface area contributed by atoms with E-state index in [0.29, 0.717) is 23.4 Å². The van der Waals surface area contributed by atoms with E-state index in [4.69, 9.17) is 19.0 Å². The second-order valence-electron chi connectivity index (χ2n) is 11.5. The molecule has 0 atom stereocenters. The molecule has 12 heteroatoms. The number of aromatic nitrogens is 2. The fourth-order valence-corrected chi connectivity index (χ4v) is 7.57. The normalized spacial score (nSPS) is 16.2. The molecule has 2 aromatic heterocycles. The zero-order valence-electron chi connectivity index (χ0n) is 26.1. The molecule has 1 fully saturated rings. The van der Waals surface area contributed by atoms with Crippen LogP contribution < -0.4 is 4.31 Å². The fourth-order valence-electron chi connectivity index (χ4n) is 6.04. The Morgan fingerprint density at radius 3 is 2.55 bits per heavy atom. The van der Waals surface area contributed by atoms with Gasteiger partial charge in [0.05, 0.1) is 24.5 Å². The lowest BCUT2D eigenvalue weighted by molar-refractivity contribution is -0.131. The van der Waals surface area contributed by atoms with Gasteiger partial charge >= 0.3 is 0 Å². The Bertz CT molecular complexity index is 1640. The molecule has 236 valence electrons. The molecule has 1 amide bonds. The highest BCUT2D eigenvalue weighted by Gasteiger charge is 2.49. The van der Waals surface area contributed by atoms with Crippen molar-refractivity contribution in [1.82, 2.24) is 15.0 Å². The van der Waals surface area contributed by atoms with Crippen LogP contribution in [0, 0.1) is 13.8 Å². The number of rotatable bonds is 13. The van der Waals surface area contributed by atoms with Crippen molar-refractivity contribution >= 4 is 27.7 Å². The third-order valence-electron chi connectivity index (χ3n) is 8.49. The van der Waals surface area contributed by atoms with Gasteiger partial charge in [0.15, 0.2) is 0 Å². The molecule has 1 saturated carbocycles. The lowest BCUT2D eigenvalue weighted by Crippen LogP contribution is -2.40. The van der Waals surface area contributed by atoms with E-state index >= 15 is 0 Å². The first-order chi connectivity index (χ1) is 21.2. The van der Waals surface area contributed by atoms with Gasteiger partial charge in [-0.25, -0.2) is 12.7 Å². The first-order valence-electron chi connectivity index (χ1n) is 15.1. The third kappa shape index (κ3) is 5.90. The number of aliphatic imine (C=N–C) groups is 1. The molecule has 1 aliphatic carbocycles. The van der Waals surface area contributed by atoms with Crippen LogP contribution in [-0.2, 0) is 37.4 Å². The van der Waals surface area contributed by atoms with Crippen LogP contribution in [-0.4, -0.2) is 61.7 Å². The van der Waals surface area contributed by atoms with E-state index in [2.05, 4.69) is 17.1 Å². The van der Waals surface area contributed by atoms with Gasteiger partial charge in [-0.3, -0.25) is 19.7 Å². The van der Waals surface area contributed by atoms with Crippen LogP contribution in [0.4, 0.5) is 5.88 Å². The molecule has 3 heterocycles. The van der Waals surface area contributed by atoms with Gasteiger partial charge in [0.1, 0.15) is 23.0 Å². The van der Waals surface area contributed by atoms with Gasteiger partial charge in [0.2, 0.25) is 5.88 Å². The summed E-state index contributed by atoms with van der Waals surface area (Å²) >= 11 is 0. The molecule has 44 heavy (non-hydrogen) atoms. The lowest BCUT2D eigenvalue weighted by Gasteiger charge is -2.24. The molecule has 2 aliphatic rings. The molecule has 0 radical (unpaired) electrons. The van der Waals surface area contributed by atoms with Crippen LogP contribution in [0.25, 0.3) is 11.3 Å². The number of carbonyl (C=O) groups excluding carboxylic acids is 1. The average molecular weight is 624 g/mol. The van der Waals surface area contributed by atoms with Crippen molar-refractivity contribution in [2.24, 2.45) is 4.99 Å². The number of ether oxygens (including phenoxy) is 2. The van der Waals surface area contributed by atoms with Crippen LogP contribution in [0.2, 0.25) is 0 Å². The predicted octanol–water partition coefficient (Wildman–Crippen LogP) is 5.54. The van der Waals surface area contributed by atoms with Crippen molar-refractivity contribution in [2.45, 2.75) is 89.3 Å². The minimum absolute atomic E-state index is 0.0116. The Labute approximate surface area is 259 Å². The molecule has 11 nitrogen and oxygen atoms in total. The van der Waals surface area contributed by atoms with Crippen LogP contribution in [0.5, 0.6) is 0 Å². The number of hydrogen-bond acceptors (Lipinski definition) is 9. The van der Waals surface area contributed by atoms with Crippen molar-refractivity contribution < 1.29 is 27.2 Å². The van der Waals surface area contributed by atoms with E-state index in [1.807, 2.05) is 23.1 Å². The van der Waals surface area contributed by atoms with Gasteiger partial charge in [0.25, 0.3) is 15.9 Å². The number of benzene rings is 1. The topological polar surface area (TPSA) is 127 Å². The summed E-state index contributed by atoms with van der Waals surface area (Å²) in [5, 5.41) is 3.94. The van der Waals surface area contributed by atoms with Gasteiger partial charge in [-0.1, -0.05) is 49.5 Å². The Morgan fingerprint density at radius 1 is 1.11 bits per heavy atom. The second kappa shape index (κ2) is 13.2. The Kier molecular flexibility index (Phi) is 9.52. The van der Waals surface area contributed by atoms with Crippen LogP contribution in [0.15, 0.2) is 50.9 Å². The van der Waals surface area contributed by atoms with Crippen LogP contribution >= 0.6 is 0 Å². The van der Waals surface area contributed by atoms with Gasteiger partial charge in [-0.2, -0.15) is 0 Å². The Balaban J connectivity index is 1.52. The van der Waals surface area contributed by atoms with Crippen molar-refractivity contribution in [1.29, 1.82) is 0 Å². The van der Waals surface area contributed by atoms with Gasteiger partial charge in [0, 0.05) is 38.0 Å². The maximum atomic E-state index is 14.2. The molecular weight excluding hydrogens is 582 g/mol. The maximum absolute atomic E-state index is 14.2. The van der Waals surface area contributed by atoms with Gasteiger partial charge < -0.3 is 14.0 Å². The molecule has 3 aromatic rings. The summed E-state index contributed by atoms with van der Waals surface area (Å²) in [5.41, 5.74) is 3.11. The summed E-state index contributed by atoms with van der Waals surface area (Å²) < 4.78 is 45.6. The Hall–Kier alpha value is -3.61. The van der Waals surface area contributed by atoms with Crippen molar-refractivity contribution in [3.05, 3.63) is 58.9 Å². The number of carbonyl (C=O) groups is 1. The van der Waals surface area contributed by atoms with Gasteiger partial charge in [-0.15, -0.1) is 0 Å². The van der Waals surface area contributed by atoms with E-state index in [-0.39, 0.29) is 35.7 Å². The number of amides is 1. The zero-order chi connectivity index (χ0) is 31.5. The van der Waals surface area contributed by atoms with E-state index in [0.717, 1.165) is 66.2 Å². The van der Waals surface area contributed by atoms with Crippen molar-refractivity contribution in [3.8, 4) is 11.3 Å². The number of sulfonamides is 1. The molecule has 0 bridgehead atoms. The molecular formula is C32H41N5O6S. The number of unbranched alkanes of at least 4 members (excludes halogenated alkanes) is 1. The highest BCUT2D eigenvalue weighted by Crippen LogP contribution is 2.40. The number of pyridine rings is 1. The first kappa shape index (κ1) is 31.8. The summed E-state index contributed by atoms with van der Waals surface area (Å²) in [4.78, 5) is 25.1. The van der Waals surface area contributed by atoms with E-state index < -0.39 is 15.6 Å². The quantitative estimate of drug-likeness (QED) is 0.227. The smallest absolute Gasteiger partial charge is 0.270 e. The summed E-state index contributed by atoms with van der Waals surface area (Å²) in [5.74, 6) is 1.04. The Morgan fingerprint density at radius 2 is 1.89 bits per heavy atom. The summed E-state index contributed by atoms with van der Waals surface area (Å²) in [6, 6.07) is 8.83. The van der Waals surface area contributed by atoms with E-state index in [9.17, 15) is 13.2 Å². The molecule has 1 aromatic carbocycles. The number of hydrogen-bond donors (Lipinski definition) is 0. The monoisotopic (exact) mass is 623 g/mol. The van der Waals surface area contributed by atoms with Crippen LogP contribution in [0.3, 0.4) is 0 Å². The highest BCUT2D eigenvalue weighted by molar-refractivity contribution is 7.93. The number of methoxy groups -OCH3 is 2. The molecule has 0 unspecified atom stereocenters. The minimum atomic E-state index is -4.20. The van der Waals surface area contributed by atoms with Crippen molar-refractivity contribution in [2.75, 3.05) is 25.3 Å². The molecule has 0 saturated heterocycles.